The van der Waals surface area contributed by atoms with Gasteiger partial charge in [0.25, 0.3) is 0 Å². The molecule has 0 N–H and O–H groups in total. The van der Waals surface area contributed by atoms with Crippen molar-refractivity contribution in [3.05, 3.63) is 0 Å². The second-order valence-corrected chi connectivity index (χ2v) is 7.38. The van der Waals surface area contributed by atoms with Crippen molar-refractivity contribution in [2.45, 2.75) is 34.1 Å². The third kappa shape index (κ3) is 7.05. The molecule has 0 bridgehead atoms. The quantitative estimate of drug-likeness (QED) is 0.478. The van der Waals surface area contributed by atoms with Crippen molar-refractivity contribution in [1.29, 1.82) is 0 Å². The fraction of sp³-hybridized carbons (Fsp3) is 1.00. The SMILES string of the molecule is CC.CC.COP1(=O)N(CCBr)CCCN1CCBr. The van der Waals surface area contributed by atoms with E-state index in [1.54, 1.807) is 0 Å². The second-order valence-electron chi connectivity index (χ2n) is 3.31. The minimum absolute atomic E-state index is 0.768. The molecule has 0 saturated carbocycles. The molecule has 4 nitrogen and oxygen atoms in total. The van der Waals surface area contributed by atoms with Gasteiger partial charge in [0.1, 0.15) is 0 Å². The Kier molecular flexibility index (Phi) is 16.5. The van der Waals surface area contributed by atoms with Crippen molar-refractivity contribution in [3.63, 3.8) is 0 Å². The fourth-order valence-corrected chi connectivity index (χ4v) is 5.49. The predicted octanol–water partition coefficient (Wildman–Crippen LogP) is 4.59. The number of hydrogen-bond acceptors (Lipinski definition) is 2. The lowest BCUT2D eigenvalue weighted by molar-refractivity contribution is 0.212. The smallest absolute Gasteiger partial charge is 0.309 e. The van der Waals surface area contributed by atoms with Gasteiger partial charge in [-0.25, -0.2) is 9.34 Å². The highest BCUT2D eigenvalue weighted by atomic mass is 79.9. The summed E-state index contributed by atoms with van der Waals surface area (Å²) in [5.41, 5.74) is 0. The Bertz CT molecular complexity index is 224. The van der Waals surface area contributed by atoms with Crippen molar-refractivity contribution >= 4 is 39.5 Å². The zero-order valence-corrected chi connectivity index (χ0v) is 16.9. The van der Waals surface area contributed by atoms with E-state index in [2.05, 4.69) is 31.9 Å². The average Bonchev–Trinajstić information content (AvgIpc) is 2.48. The van der Waals surface area contributed by atoms with Gasteiger partial charge in [-0.05, 0) is 6.42 Å². The maximum Gasteiger partial charge on any atom is 0.345 e. The van der Waals surface area contributed by atoms with Gasteiger partial charge in [-0.3, -0.25) is 4.57 Å². The van der Waals surface area contributed by atoms with Gasteiger partial charge in [-0.15, -0.1) is 0 Å². The van der Waals surface area contributed by atoms with Gasteiger partial charge in [0.15, 0.2) is 0 Å². The van der Waals surface area contributed by atoms with E-state index in [0.29, 0.717) is 0 Å². The maximum absolute atomic E-state index is 12.6. The van der Waals surface area contributed by atoms with Crippen molar-refractivity contribution in [1.82, 2.24) is 9.34 Å². The van der Waals surface area contributed by atoms with Gasteiger partial charge < -0.3 is 4.52 Å². The average molecular weight is 424 g/mol. The van der Waals surface area contributed by atoms with Crippen LogP contribution in [-0.2, 0) is 9.09 Å². The van der Waals surface area contributed by atoms with E-state index in [1.165, 1.54) is 7.11 Å². The van der Waals surface area contributed by atoms with Crippen LogP contribution in [0, 0.1) is 0 Å². The number of rotatable bonds is 5. The number of alkyl halides is 2. The summed E-state index contributed by atoms with van der Waals surface area (Å²) in [6, 6.07) is 0. The van der Waals surface area contributed by atoms with Crippen LogP contribution in [-0.4, -0.2) is 53.3 Å². The van der Waals surface area contributed by atoms with E-state index < -0.39 is 7.67 Å². The first-order valence-electron chi connectivity index (χ1n) is 6.97. The molecular weight excluding hydrogens is 395 g/mol. The lowest BCUT2D eigenvalue weighted by atomic mass is 10.4. The molecule has 0 radical (unpaired) electrons. The number of hydrogen-bond donors (Lipinski definition) is 0. The molecule has 0 aromatic rings. The molecule has 0 aliphatic carbocycles. The van der Waals surface area contributed by atoms with Crippen LogP contribution >= 0.6 is 39.5 Å². The van der Waals surface area contributed by atoms with E-state index in [1.807, 2.05) is 37.0 Å². The molecule has 0 atom stereocenters. The summed E-state index contributed by atoms with van der Waals surface area (Å²) in [4.78, 5) is 0. The van der Waals surface area contributed by atoms with Crippen LogP contribution in [0.15, 0.2) is 0 Å². The summed E-state index contributed by atoms with van der Waals surface area (Å²) in [7, 11) is -1.20. The van der Waals surface area contributed by atoms with Crippen LogP contribution in [0.5, 0.6) is 0 Å². The largest absolute Gasteiger partial charge is 0.345 e. The molecule has 1 saturated heterocycles. The molecule has 118 valence electrons. The first-order valence-corrected chi connectivity index (χ1v) is 10.7. The minimum Gasteiger partial charge on any atom is -0.309 e. The highest BCUT2D eigenvalue weighted by Crippen LogP contribution is 2.55. The summed E-state index contributed by atoms with van der Waals surface area (Å²) in [6.07, 6.45) is 1.05. The van der Waals surface area contributed by atoms with E-state index >= 15 is 0 Å². The second kappa shape index (κ2) is 14.0. The molecule has 1 aliphatic rings. The Balaban J connectivity index is 0. The monoisotopic (exact) mass is 422 g/mol. The molecule has 7 heteroatoms. The molecule has 0 spiro atoms. The number of halogens is 2. The Labute approximate surface area is 136 Å². The van der Waals surface area contributed by atoms with E-state index in [9.17, 15) is 4.57 Å². The Hall–Kier alpha value is 1.07. The Morgan fingerprint density at radius 3 is 1.63 bits per heavy atom. The zero-order valence-electron chi connectivity index (χ0n) is 12.9. The van der Waals surface area contributed by atoms with Crippen LogP contribution in [0.3, 0.4) is 0 Å². The van der Waals surface area contributed by atoms with Crippen molar-refractivity contribution in [2.24, 2.45) is 0 Å². The first kappa shape index (κ1) is 22.4. The van der Waals surface area contributed by atoms with Crippen LogP contribution in [0.1, 0.15) is 34.1 Å². The first-order chi connectivity index (χ1) is 9.19. The van der Waals surface area contributed by atoms with Gasteiger partial charge in [-0.2, -0.15) is 0 Å². The van der Waals surface area contributed by atoms with Gasteiger partial charge >= 0.3 is 7.67 Å². The third-order valence-electron chi connectivity index (χ3n) is 2.47. The van der Waals surface area contributed by atoms with Gasteiger partial charge in [0, 0.05) is 43.9 Å². The summed E-state index contributed by atoms with van der Waals surface area (Å²) in [5, 5.41) is 1.64. The molecule has 0 unspecified atom stereocenters. The molecular formula is C12H29Br2N2O2P. The topological polar surface area (TPSA) is 32.8 Å². The molecule has 0 amide bonds. The number of nitrogens with zero attached hydrogens (tertiary/aromatic N) is 2. The van der Waals surface area contributed by atoms with Crippen molar-refractivity contribution < 1.29 is 9.09 Å². The molecule has 0 aromatic carbocycles. The van der Waals surface area contributed by atoms with Crippen LogP contribution in [0.4, 0.5) is 0 Å². The summed E-state index contributed by atoms with van der Waals surface area (Å²) in [6.45, 7) is 11.2. The molecule has 19 heavy (non-hydrogen) atoms. The minimum atomic E-state index is -2.74. The standard InChI is InChI=1S/C8H17Br2N2O2P.2C2H6/c1-14-15(13)11(7-3-9)5-2-6-12(15)8-4-10;2*1-2/h2-8H2,1H3;2*1-2H3. The van der Waals surface area contributed by atoms with E-state index in [-0.39, 0.29) is 0 Å². The van der Waals surface area contributed by atoms with Crippen LogP contribution < -0.4 is 0 Å². The van der Waals surface area contributed by atoms with E-state index in [0.717, 1.165) is 43.3 Å². The lowest BCUT2D eigenvalue weighted by Crippen LogP contribution is -2.41. The van der Waals surface area contributed by atoms with Gasteiger partial charge in [-0.1, -0.05) is 59.6 Å². The predicted molar refractivity (Wildman–Crippen MR) is 92.7 cm³/mol. The van der Waals surface area contributed by atoms with Crippen LogP contribution in [0.25, 0.3) is 0 Å². The zero-order chi connectivity index (χ0) is 15.3. The third-order valence-corrected chi connectivity index (χ3v) is 5.89. The van der Waals surface area contributed by atoms with Crippen LogP contribution in [0.2, 0.25) is 0 Å². The van der Waals surface area contributed by atoms with E-state index in [4.69, 9.17) is 4.52 Å². The summed E-state index contributed by atoms with van der Waals surface area (Å²) >= 11 is 6.76. The molecule has 1 aliphatic heterocycles. The Morgan fingerprint density at radius 1 is 1.00 bits per heavy atom. The lowest BCUT2D eigenvalue weighted by Gasteiger charge is -2.41. The molecule has 1 fully saturated rings. The Morgan fingerprint density at radius 2 is 1.37 bits per heavy atom. The highest BCUT2D eigenvalue weighted by molar-refractivity contribution is 9.09. The summed E-state index contributed by atoms with van der Waals surface area (Å²) in [5.74, 6) is 0. The van der Waals surface area contributed by atoms with Crippen molar-refractivity contribution in [3.8, 4) is 0 Å². The summed E-state index contributed by atoms with van der Waals surface area (Å²) < 4.78 is 21.8. The molecule has 0 aromatic heterocycles. The fourth-order valence-electron chi connectivity index (χ4n) is 1.77. The maximum atomic E-state index is 12.6. The highest BCUT2D eigenvalue weighted by Gasteiger charge is 2.39. The van der Waals surface area contributed by atoms with Crippen molar-refractivity contribution in [2.75, 3.05) is 43.9 Å². The van der Waals surface area contributed by atoms with Gasteiger partial charge in [0.2, 0.25) is 0 Å². The normalized spacial score (nSPS) is 18.9. The molecule has 1 heterocycles. The van der Waals surface area contributed by atoms with Gasteiger partial charge in [0.05, 0.1) is 0 Å². The molecule has 1 rings (SSSR count).